The summed E-state index contributed by atoms with van der Waals surface area (Å²) in [6.07, 6.45) is 14.7. The molecule has 0 aliphatic carbocycles. The molecule has 0 aromatic carbocycles. The smallest absolute Gasteiger partial charge is 0.101 e. The Morgan fingerprint density at radius 2 is 1.69 bits per heavy atom. The molecule has 0 saturated heterocycles. The molecule has 3 unspecified atom stereocenters. The predicted octanol–water partition coefficient (Wildman–Crippen LogP) is 7.79. The highest BCUT2D eigenvalue weighted by atomic mass is 16.5. The van der Waals surface area contributed by atoms with E-state index in [-0.39, 0.29) is 0 Å². The molecule has 0 saturated carbocycles. The van der Waals surface area contributed by atoms with Gasteiger partial charge in [0.05, 0.1) is 18.6 Å². The Morgan fingerprint density at radius 1 is 0.923 bits per heavy atom. The van der Waals surface area contributed by atoms with Gasteiger partial charge in [0.2, 0.25) is 0 Å². The molecule has 26 heavy (non-hydrogen) atoms. The fraction of sp³-hybridized carbons (Fsp3) is 0.833. The molecule has 3 atom stereocenters. The van der Waals surface area contributed by atoms with Gasteiger partial charge in [0.15, 0.2) is 0 Å². The van der Waals surface area contributed by atoms with Gasteiger partial charge in [0.25, 0.3) is 0 Å². The van der Waals surface area contributed by atoms with E-state index in [4.69, 9.17) is 9.47 Å². The summed E-state index contributed by atoms with van der Waals surface area (Å²) in [5.74, 6) is 2.84. The molecule has 0 aromatic rings. The van der Waals surface area contributed by atoms with Crippen LogP contribution in [0.1, 0.15) is 106 Å². The summed E-state index contributed by atoms with van der Waals surface area (Å²) >= 11 is 0. The van der Waals surface area contributed by atoms with Crippen LogP contribution in [0.2, 0.25) is 0 Å². The number of ether oxygens (including phenoxy) is 2. The van der Waals surface area contributed by atoms with Crippen molar-refractivity contribution in [2.24, 2.45) is 11.8 Å². The minimum Gasteiger partial charge on any atom is -0.498 e. The Kier molecular flexibility index (Phi) is 11.8. The van der Waals surface area contributed by atoms with Crippen molar-refractivity contribution in [3.63, 3.8) is 0 Å². The van der Waals surface area contributed by atoms with Crippen LogP contribution in [0.25, 0.3) is 0 Å². The van der Waals surface area contributed by atoms with Crippen molar-refractivity contribution in [2.45, 2.75) is 112 Å². The molecule has 0 bridgehead atoms. The second kappa shape index (κ2) is 13.3. The molecule has 2 aliphatic heterocycles. The molecule has 152 valence electrons. The van der Waals surface area contributed by atoms with Gasteiger partial charge in [-0.3, -0.25) is 0 Å². The maximum Gasteiger partial charge on any atom is 0.101 e. The normalized spacial score (nSPS) is 25.6. The Labute approximate surface area is 163 Å². The van der Waals surface area contributed by atoms with Gasteiger partial charge in [-0.25, -0.2) is 0 Å². The van der Waals surface area contributed by atoms with E-state index in [0.29, 0.717) is 6.10 Å². The summed E-state index contributed by atoms with van der Waals surface area (Å²) in [5.41, 5.74) is 3.05. The Bertz CT molecular complexity index is 435. The zero-order valence-electron chi connectivity index (χ0n) is 18.4. The SMILES string of the molecule is CCCC1=C(CC)CC(CC)CO1.CCCC1OC=C(CC)CC1CC. The van der Waals surface area contributed by atoms with E-state index in [9.17, 15) is 0 Å². The molecular weight excluding hydrogens is 320 g/mol. The van der Waals surface area contributed by atoms with Crippen LogP contribution in [0.5, 0.6) is 0 Å². The van der Waals surface area contributed by atoms with E-state index in [0.717, 1.165) is 31.3 Å². The lowest BCUT2D eigenvalue weighted by atomic mass is 9.87. The van der Waals surface area contributed by atoms with Crippen LogP contribution in [0.15, 0.2) is 23.2 Å². The van der Waals surface area contributed by atoms with Crippen molar-refractivity contribution in [1.29, 1.82) is 0 Å². The molecular formula is C24H44O2. The fourth-order valence-corrected chi connectivity index (χ4v) is 3.96. The van der Waals surface area contributed by atoms with Crippen LogP contribution >= 0.6 is 0 Å². The molecule has 0 N–H and O–H groups in total. The van der Waals surface area contributed by atoms with Crippen molar-refractivity contribution in [1.82, 2.24) is 0 Å². The van der Waals surface area contributed by atoms with Crippen LogP contribution in [0.3, 0.4) is 0 Å². The van der Waals surface area contributed by atoms with Gasteiger partial charge >= 0.3 is 0 Å². The quantitative estimate of drug-likeness (QED) is 0.437. The topological polar surface area (TPSA) is 18.5 Å². The van der Waals surface area contributed by atoms with E-state index in [1.165, 1.54) is 62.7 Å². The van der Waals surface area contributed by atoms with E-state index in [2.05, 4.69) is 41.5 Å². The molecule has 0 fully saturated rings. The minimum atomic E-state index is 0.491. The standard InChI is InChI=1S/2C12H22O/c2*1-4-7-12-11(6-3)8-10(5-2)9-13-12/h10H,4-9H2,1-3H3;9,11-12H,4-8H2,1-3H3. The summed E-state index contributed by atoms with van der Waals surface area (Å²) in [6.45, 7) is 14.4. The number of rotatable bonds is 8. The van der Waals surface area contributed by atoms with Crippen molar-refractivity contribution in [3.05, 3.63) is 23.2 Å². The van der Waals surface area contributed by atoms with E-state index >= 15 is 0 Å². The Hall–Kier alpha value is -0.920. The summed E-state index contributed by atoms with van der Waals surface area (Å²) in [7, 11) is 0. The van der Waals surface area contributed by atoms with Gasteiger partial charge in [-0.2, -0.15) is 0 Å². The predicted molar refractivity (Wildman–Crippen MR) is 113 cm³/mol. The average Bonchev–Trinajstić information content (AvgIpc) is 2.69. The third-order valence-corrected chi connectivity index (χ3v) is 5.92. The van der Waals surface area contributed by atoms with Crippen LogP contribution in [0, 0.1) is 11.8 Å². The van der Waals surface area contributed by atoms with Crippen LogP contribution < -0.4 is 0 Å². The highest BCUT2D eigenvalue weighted by Crippen LogP contribution is 2.31. The van der Waals surface area contributed by atoms with Gasteiger partial charge in [-0.05, 0) is 74.3 Å². The average molecular weight is 365 g/mol. The van der Waals surface area contributed by atoms with Gasteiger partial charge in [0.1, 0.15) is 6.10 Å². The molecule has 2 rings (SSSR count). The highest BCUT2D eigenvalue weighted by Gasteiger charge is 2.24. The molecule has 2 heterocycles. The van der Waals surface area contributed by atoms with Crippen molar-refractivity contribution < 1.29 is 9.47 Å². The number of hydrogen-bond acceptors (Lipinski definition) is 2. The zero-order valence-corrected chi connectivity index (χ0v) is 18.4. The van der Waals surface area contributed by atoms with E-state index < -0.39 is 0 Å². The molecule has 2 aliphatic rings. The first-order chi connectivity index (χ1) is 12.6. The van der Waals surface area contributed by atoms with Gasteiger partial charge in [-0.1, -0.05) is 48.0 Å². The minimum absolute atomic E-state index is 0.491. The third-order valence-electron chi connectivity index (χ3n) is 5.92. The monoisotopic (exact) mass is 364 g/mol. The lowest BCUT2D eigenvalue weighted by molar-refractivity contribution is 0.0568. The van der Waals surface area contributed by atoms with Crippen LogP contribution in [-0.4, -0.2) is 12.7 Å². The van der Waals surface area contributed by atoms with Crippen molar-refractivity contribution >= 4 is 0 Å². The summed E-state index contributed by atoms with van der Waals surface area (Å²) < 4.78 is 11.6. The van der Waals surface area contributed by atoms with Crippen molar-refractivity contribution in [2.75, 3.05) is 6.61 Å². The fourth-order valence-electron chi connectivity index (χ4n) is 3.96. The van der Waals surface area contributed by atoms with Gasteiger partial charge in [-0.15, -0.1) is 0 Å². The summed E-state index contributed by atoms with van der Waals surface area (Å²) in [5, 5.41) is 0. The molecule has 0 spiro atoms. The second-order valence-electron chi connectivity index (χ2n) is 7.88. The van der Waals surface area contributed by atoms with Crippen LogP contribution in [0.4, 0.5) is 0 Å². The lowest BCUT2D eigenvalue weighted by Crippen LogP contribution is -2.25. The molecule has 0 amide bonds. The highest BCUT2D eigenvalue weighted by molar-refractivity contribution is 5.11. The molecule has 0 radical (unpaired) electrons. The van der Waals surface area contributed by atoms with E-state index in [1.54, 1.807) is 5.57 Å². The second-order valence-corrected chi connectivity index (χ2v) is 7.88. The maximum atomic E-state index is 5.80. The largest absolute Gasteiger partial charge is 0.498 e. The Morgan fingerprint density at radius 3 is 2.23 bits per heavy atom. The first kappa shape index (κ1) is 23.1. The lowest BCUT2D eigenvalue weighted by Gasteiger charge is -2.30. The maximum absolute atomic E-state index is 5.80. The van der Waals surface area contributed by atoms with E-state index in [1.807, 2.05) is 6.26 Å². The zero-order chi connectivity index (χ0) is 19.4. The number of hydrogen-bond donors (Lipinski definition) is 0. The summed E-state index contributed by atoms with van der Waals surface area (Å²) in [4.78, 5) is 0. The molecule has 2 heteroatoms. The first-order valence-electron chi connectivity index (χ1n) is 11.3. The van der Waals surface area contributed by atoms with Crippen LogP contribution in [-0.2, 0) is 9.47 Å². The third kappa shape index (κ3) is 7.37. The summed E-state index contributed by atoms with van der Waals surface area (Å²) in [6, 6.07) is 0. The van der Waals surface area contributed by atoms with Gasteiger partial charge in [0, 0.05) is 6.42 Å². The Balaban J connectivity index is 0.000000260. The number of allylic oxidation sites excluding steroid dienone is 3. The molecule has 2 nitrogen and oxygen atoms in total. The molecule has 0 aromatic heterocycles. The van der Waals surface area contributed by atoms with Crippen molar-refractivity contribution in [3.8, 4) is 0 Å². The van der Waals surface area contributed by atoms with Gasteiger partial charge < -0.3 is 9.47 Å². The first-order valence-corrected chi connectivity index (χ1v) is 11.3.